The maximum absolute atomic E-state index is 11.7. The summed E-state index contributed by atoms with van der Waals surface area (Å²) in [6.45, 7) is 0. The molecule has 0 unspecified atom stereocenters. The maximum atomic E-state index is 11.7. The molecule has 2 rings (SSSR count). The van der Waals surface area contributed by atoms with E-state index < -0.39 is 9.84 Å². The van der Waals surface area contributed by atoms with Crippen molar-refractivity contribution in [1.82, 2.24) is 9.97 Å². The molecular formula is C10H9ClN2O2S. The lowest BCUT2D eigenvalue weighted by Gasteiger charge is -2.01. The van der Waals surface area contributed by atoms with Gasteiger partial charge in [0.2, 0.25) is 15.0 Å². The predicted molar refractivity (Wildman–Crippen MR) is 62.3 cm³/mol. The fourth-order valence-corrected chi connectivity index (χ4v) is 2.74. The summed E-state index contributed by atoms with van der Waals surface area (Å²) < 4.78 is 23.3. The lowest BCUT2D eigenvalue weighted by atomic mass is 10.2. The van der Waals surface area contributed by atoms with Crippen LogP contribution in [-0.2, 0) is 9.84 Å². The van der Waals surface area contributed by atoms with E-state index in [-0.39, 0.29) is 16.8 Å². The van der Waals surface area contributed by atoms with Gasteiger partial charge in [0.05, 0.1) is 11.3 Å². The quantitative estimate of drug-likeness (QED) is 0.619. The minimum atomic E-state index is -3.46. The number of fused-ring (bicyclic) bond motifs is 1. The summed E-state index contributed by atoms with van der Waals surface area (Å²) in [5.41, 5.74) is 0.616. The molecule has 6 heteroatoms. The van der Waals surface area contributed by atoms with Gasteiger partial charge >= 0.3 is 0 Å². The summed E-state index contributed by atoms with van der Waals surface area (Å²) in [5, 5.41) is 0.652. The molecule has 0 bridgehead atoms. The normalized spacial score (nSPS) is 11.8. The summed E-state index contributed by atoms with van der Waals surface area (Å²) in [6, 6.07) is 7.22. The van der Waals surface area contributed by atoms with Crippen LogP contribution in [0.1, 0.15) is 0 Å². The molecule has 84 valence electrons. The number of hydrogen-bond acceptors (Lipinski definition) is 4. The van der Waals surface area contributed by atoms with E-state index in [1.54, 1.807) is 12.1 Å². The highest BCUT2D eigenvalue weighted by Gasteiger charge is 2.17. The fourth-order valence-electron chi connectivity index (χ4n) is 1.30. The van der Waals surface area contributed by atoms with Crippen molar-refractivity contribution in [3.63, 3.8) is 0 Å². The Kier molecular flexibility index (Phi) is 3.07. The van der Waals surface area contributed by atoms with E-state index in [4.69, 9.17) is 11.6 Å². The van der Waals surface area contributed by atoms with Crippen molar-refractivity contribution in [3.8, 4) is 0 Å². The Balaban J connectivity index is 2.55. The number of sulfone groups is 1. The number of aromatic nitrogens is 2. The Bertz CT molecular complexity index is 613. The minimum Gasteiger partial charge on any atom is -0.226 e. The summed E-state index contributed by atoms with van der Waals surface area (Å²) in [4.78, 5) is 7.85. The molecule has 0 fully saturated rings. The van der Waals surface area contributed by atoms with Crippen LogP contribution in [0.5, 0.6) is 0 Å². The summed E-state index contributed by atoms with van der Waals surface area (Å²) in [6.07, 6.45) is 1.50. The highest BCUT2D eigenvalue weighted by Crippen LogP contribution is 2.13. The monoisotopic (exact) mass is 256 g/mol. The highest BCUT2D eigenvalue weighted by molar-refractivity contribution is 7.91. The van der Waals surface area contributed by atoms with Gasteiger partial charge in [0.1, 0.15) is 0 Å². The molecule has 16 heavy (non-hydrogen) atoms. The van der Waals surface area contributed by atoms with Crippen molar-refractivity contribution in [2.45, 2.75) is 5.16 Å². The Morgan fingerprint density at radius 1 is 1.25 bits per heavy atom. The Labute approximate surface area is 98.2 Å². The molecular weight excluding hydrogens is 248 g/mol. The zero-order valence-corrected chi connectivity index (χ0v) is 9.87. The third-order valence-corrected chi connectivity index (χ3v) is 4.00. The second-order valence-corrected chi connectivity index (χ2v) is 5.60. The highest BCUT2D eigenvalue weighted by atomic mass is 35.5. The first-order chi connectivity index (χ1) is 7.63. The molecule has 2 aromatic rings. The summed E-state index contributed by atoms with van der Waals surface area (Å²) in [5.74, 6) is -0.106. The number of nitrogens with zero attached hydrogens (tertiary/aromatic N) is 2. The van der Waals surface area contributed by atoms with Crippen LogP contribution >= 0.6 is 11.6 Å². The number of benzene rings is 1. The molecule has 1 aromatic carbocycles. The van der Waals surface area contributed by atoms with Gasteiger partial charge in [-0.05, 0) is 6.07 Å². The molecule has 0 N–H and O–H groups in total. The molecule has 0 saturated heterocycles. The van der Waals surface area contributed by atoms with Crippen LogP contribution in [0.25, 0.3) is 10.9 Å². The van der Waals surface area contributed by atoms with Crippen LogP contribution in [0, 0.1) is 0 Å². The number of rotatable bonds is 3. The third kappa shape index (κ3) is 2.15. The van der Waals surface area contributed by atoms with Crippen LogP contribution in [0.2, 0.25) is 0 Å². The molecule has 0 atom stereocenters. The Morgan fingerprint density at radius 2 is 2.00 bits per heavy atom. The summed E-state index contributed by atoms with van der Waals surface area (Å²) >= 11 is 5.42. The van der Waals surface area contributed by atoms with Gasteiger partial charge < -0.3 is 0 Å². The Morgan fingerprint density at radius 3 is 2.75 bits per heavy atom. The molecule has 4 nitrogen and oxygen atoms in total. The largest absolute Gasteiger partial charge is 0.247 e. The van der Waals surface area contributed by atoms with Gasteiger partial charge in [0, 0.05) is 17.5 Å². The van der Waals surface area contributed by atoms with Crippen LogP contribution in [0.3, 0.4) is 0 Å². The molecule has 0 aliphatic heterocycles. The molecule has 1 heterocycles. The van der Waals surface area contributed by atoms with Crippen molar-refractivity contribution in [2.24, 2.45) is 0 Å². The van der Waals surface area contributed by atoms with Crippen molar-refractivity contribution in [3.05, 3.63) is 30.5 Å². The van der Waals surface area contributed by atoms with Gasteiger partial charge in [0.15, 0.2) is 0 Å². The van der Waals surface area contributed by atoms with Crippen molar-refractivity contribution < 1.29 is 8.42 Å². The third-order valence-electron chi connectivity index (χ3n) is 2.09. The first kappa shape index (κ1) is 11.3. The minimum absolute atomic E-state index is 0.0402. The van der Waals surface area contributed by atoms with E-state index in [0.717, 1.165) is 5.39 Å². The first-order valence-electron chi connectivity index (χ1n) is 4.64. The molecule has 1 aromatic heterocycles. The second-order valence-electron chi connectivity index (χ2n) is 3.22. The lowest BCUT2D eigenvalue weighted by molar-refractivity contribution is 0.589. The van der Waals surface area contributed by atoms with Crippen LogP contribution in [-0.4, -0.2) is 30.0 Å². The fraction of sp³-hybridized carbons (Fsp3) is 0.200. The smallest absolute Gasteiger partial charge is 0.226 e. The van der Waals surface area contributed by atoms with E-state index >= 15 is 0 Å². The second kappa shape index (κ2) is 4.35. The number of hydrogen-bond donors (Lipinski definition) is 0. The van der Waals surface area contributed by atoms with E-state index in [0.29, 0.717) is 5.52 Å². The van der Waals surface area contributed by atoms with E-state index in [9.17, 15) is 8.42 Å². The maximum Gasteiger partial charge on any atom is 0.247 e. The average Bonchev–Trinajstić information content (AvgIpc) is 2.28. The van der Waals surface area contributed by atoms with E-state index in [1.807, 2.05) is 12.1 Å². The Hall–Kier alpha value is -1.20. The van der Waals surface area contributed by atoms with Gasteiger partial charge in [0.25, 0.3) is 0 Å². The number of alkyl halides is 1. The standard InChI is InChI=1S/C10H9ClN2O2S/c11-5-6-16(14,15)10-12-7-8-3-1-2-4-9(8)13-10/h1-4,7H,5-6H2. The van der Waals surface area contributed by atoms with Gasteiger partial charge in [-0.25, -0.2) is 18.4 Å². The molecule has 0 aliphatic carbocycles. The zero-order chi connectivity index (χ0) is 11.6. The van der Waals surface area contributed by atoms with Gasteiger partial charge in [-0.15, -0.1) is 11.6 Å². The average molecular weight is 257 g/mol. The molecule has 0 spiro atoms. The first-order valence-corrected chi connectivity index (χ1v) is 6.83. The van der Waals surface area contributed by atoms with Gasteiger partial charge in [-0.2, -0.15) is 0 Å². The van der Waals surface area contributed by atoms with Crippen LogP contribution in [0.4, 0.5) is 0 Å². The lowest BCUT2D eigenvalue weighted by Crippen LogP contribution is -2.11. The van der Waals surface area contributed by atoms with Crippen molar-refractivity contribution in [2.75, 3.05) is 11.6 Å². The topological polar surface area (TPSA) is 59.9 Å². The van der Waals surface area contributed by atoms with E-state index in [1.165, 1.54) is 6.20 Å². The molecule has 0 aliphatic rings. The molecule has 0 radical (unpaired) electrons. The zero-order valence-electron chi connectivity index (χ0n) is 8.30. The van der Waals surface area contributed by atoms with Gasteiger partial charge in [-0.1, -0.05) is 18.2 Å². The van der Waals surface area contributed by atoms with E-state index in [2.05, 4.69) is 9.97 Å². The summed E-state index contributed by atoms with van der Waals surface area (Å²) in [7, 11) is -3.46. The van der Waals surface area contributed by atoms with Crippen LogP contribution in [0.15, 0.2) is 35.6 Å². The van der Waals surface area contributed by atoms with Gasteiger partial charge in [-0.3, -0.25) is 0 Å². The predicted octanol–water partition coefficient (Wildman–Crippen LogP) is 1.64. The molecule has 0 saturated carbocycles. The molecule has 0 amide bonds. The van der Waals surface area contributed by atoms with Crippen LogP contribution < -0.4 is 0 Å². The van der Waals surface area contributed by atoms with Crippen molar-refractivity contribution in [1.29, 1.82) is 0 Å². The SMILES string of the molecule is O=S(=O)(CCCl)c1ncc2ccccc2n1. The number of halogens is 1. The van der Waals surface area contributed by atoms with Crippen molar-refractivity contribution >= 4 is 32.3 Å². The number of para-hydroxylation sites is 1.